The van der Waals surface area contributed by atoms with Gasteiger partial charge in [0.25, 0.3) is 5.91 Å². The van der Waals surface area contributed by atoms with Crippen LogP contribution in [0.15, 0.2) is 60.8 Å². The van der Waals surface area contributed by atoms with Crippen molar-refractivity contribution in [3.05, 3.63) is 83.2 Å². The van der Waals surface area contributed by atoms with Crippen LogP contribution >= 0.6 is 0 Å². The van der Waals surface area contributed by atoms with Gasteiger partial charge in [0.15, 0.2) is 0 Å². The Morgan fingerprint density at radius 3 is 2.48 bits per heavy atom. The molecule has 176 valence electrons. The number of benzene rings is 2. The van der Waals surface area contributed by atoms with Crippen LogP contribution in [0.3, 0.4) is 0 Å². The third-order valence-electron chi connectivity index (χ3n) is 5.53. The van der Waals surface area contributed by atoms with Crippen molar-refractivity contribution in [1.29, 1.82) is 0 Å². The first kappa shape index (κ1) is 24.5. The highest BCUT2D eigenvalue weighted by atomic mass is 16.5. The average Bonchev–Trinajstić information content (AvgIpc) is 3.34. The van der Waals surface area contributed by atoms with Gasteiger partial charge in [0, 0.05) is 25.3 Å². The van der Waals surface area contributed by atoms with Gasteiger partial charge >= 0.3 is 0 Å². The lowest BCUT2D eigenvalue weighted by Gasteiger charge is -2.17. The number of rotatable bonds is 6. The van der Waals surface area contributed by atoms with Gasteiger partial charge in [-0.1, -0.05) is 49.7 Å². The minimum absolute atomic E-state index is 0. The fourth-order valence-corrected chi connectivity index (χ4v) is 3.61. The molecule has 2 atom stereocenters. The Labute approximate surface area is 198 Å². The highest BCUT2D eigenvalue weighted by Gasteiger charge is 2.19. The lowest BCUT2D eigenvalue weighted by molar-refractivity contribution is 0.0938. The van der Waals surface area contributed by atoms with Crippen molar-refractivity contribution in [3.8, 4) is 16.9 Å². The number of hydrogen-bond donors (Lipinski definition) is 1. The van der Waals surface area contributed by atoms with E-state index in [9.17, 15) is 4.79 Å². The van der Waals surface area contributed by atoms with E-state index in [1.165, 1.54) is 5.56 Å². The number of hydrogen-bond acceptors (Lipinski definition) is 4. The minimum Gasteiger partial charge on any atom is -0.488 e. The topological polar surface area (TPSA) is 60.5 Å². The van der Waals surface area contributed by atoms with Crippen molar-refractivity contribution >= 4 is 5.91 Å². The second kappa shape index (κ2) is 11.6. The van der Waals surface area contributed by atoms with Crippen LogP contribution < -0.4 is 10.1 Å². The minimum atomic E-state index is -0.156. The fraction of sp³-hybridized carbons (Fsp3) is 0.357. The first-order valence-electron chi connectivity index (χ1n) is 11.7. The Balaban J connectivity index is 0.00000133. The molecular weight excluding hydrogens is 412 g/mol. The maximum Gasteiger partial charge on any atom is 0.251 e. The molecule has 1 N–H and O–H groups in total. The Morgan fingerprint density at radius 1 is 1.09 bits per heavy atom. The molecule has 1 aliphatic rings. The molecule has 4 rings (SSSR count). The summed E-state index contributed by atoms with van der Waals surface area (Å²) in [4.78, 5) is 17.4. The van der Waals surface area contributed by atoms with Crippen LogP contribution in [0.5, 0.6) is 5.75 Å². The fourth-order valence-electron chi connectivity index (χ4n) is 3.61. The van der Waals surface area contributed by atoms with Gasteiger partial charge in [-0.25, -0.2) is 0 Å². The van der Waals surface area contributed by atoms with Crippen LogP contribution in [0.25, 0.3) is 11.1 Å². The van der Waals surface area contributed by atoms with Crippen molar-refractivity contribution in [2.45, 2.75) is 53.2 Å². The molecule has 1 aromatic heterocycles. The van der Waals surface area contributed by atoms with E-state index in [1.54, 1.807) is 6.20 Å². The first-order chi connectivity index (χ1) is 16.0. The number of nitrogens with zero attached hydrogens (tertiary/aromatic N) is 1. The summed E-state index contributed by atoms with van der Waals surface area (Å²) in [5.41, 5.74) is 5.67. The van der Waals surface area contributed by atoms with Crippen molar-refractivity contribution in [2.24, 2.45) is 0 Å². The van der Waals surface area contributed by atoms with E-state index >= 15 is 0 Å². The van der Waals surface area contributed by atoms with Crippen molar-refractivity contribution < 1.29 is 15.7 Å². The normalized spacial score (nSPS) is 15.8. The summed E-state index contributed by atoms with van der Waals surface area (Å²) in [6.07, 6.45) is 2.67. The molecule has 0 bridgehead atoms. The van der Waals surface area contributed by atoms with Gasteiger partial charge in [-0.3, -0.25) is 9.78 Å². The van der Waals surface area contributed by atoms with Crippen LogP contribution in [-0.4, -0.2) is 30.2 Å². The molecule has 1 unspecified atom stereocenters. The van der Waals surface area contributed by atoms with Gasteiger partial charge in [-0.05, 0) is 61.7 Å². The van der Waals surface area contributed by atoms with Gasteiger partial charge in [0.1, 0.15) is 11.9 Å². The van der Waals surface area contributed by atoms with E-state index in [1.807, 2.05) is 58.0 Å². The summed E-state index contributed by atoms with van der Waals surface area (Å²) in [6.45, 7) is 11.2. The van der Waals surface area contributed by atoms with Crippen LogP contribution in [-0.2, 0) is 4.74 Å². The smallest absolute Gasteiger partial charge is 0.251 e. The lowest BCUT2D eigenvalue weighted by Crippen LogP contribution is -2.27. The predicted molar refractivity (Wildman–Crippen MR) is 135 cm³/mol. The molecule has 2 heterocycles. The summed E-state index contributed by atoms with van der Waals surface area (Å²) in [5.74, 6) is 0.540. The van der Waals surface area contributed by atoms with Crippen LogP contribution in [0.4, 0.5) is 0 Å². The van der Waals surface area contributed by atoms with E-state index in [0.29, 0.717) is 24.5 Å². The second-order valence-corrected chi connectivity index (χ2v) is 8.14. The summed E-state index contributed by atoms with van der Waals surface area (Å²) in [7, 11) is 0. The Hall–Kier alpha value is -3.18. The van der Waals surface area contributed by atoms with Crippen LogP contribution in [0.1, 0.15) is 61.8 Å². The number of nitrogens with one attached hydrogen (secondary N) is 1. The molecule has 3 aromatic rings. The number of carbonyl (C=O) groups is 1. The van der Waals surface area contributed by atoms with Gasteiger partial charge in [0.2, 0.25) is 0 Å². The SMILES string of the molecule is CC.Cc1ccc(-c2cc(OC3CCOC3)cc(C(=O)N[C@H](C)c3ccc(C)nc3)c2)cc1.[HH]. The molecular formula is C28H36N2O3. The molecule has 5 heteroatoms. The van der Waals surface area contributed by atoms with Gasteiger partial charge in [0.05, 0.1) is 19.3 Å². The second-order valence-electron chi connectivity index (χ2n) is 8.14. The van der Waals surface area contributed by atoms with Gasteiger partial charge in [-0.2, -0.15) is 0 Å². The summed E-state index contributed by atoms with van der Waals surface area (Å²) in [5, 5.41) is 3.08. The van der Waals surface area contributed by atoms with Crippen molar-refractivity contribution in [1.82, 2.24) is 10.3 Å². The average molecular weight is 449 g/mol. The molecule has 1 fully saturated rings. The number of amides is 1. The predicted octanol–water partition coefficient (Wildman–Crippen LogP) is 6.30. The van der Waals surface area contributed by atoms with E-state index in [2.05, 4.69) is 41.5 Å². The number of aromatic nitrogens is 1. The molecule has 1 amide bonds. The van der Waals surface area contributed by atoms with Crippen molar-refractivity contribution in [2.75, 3.05) is 13.2 Å². The standard InChI is InChI=1S/C26H28N2O3.C2H6.H2/c1-17-4-7-20(8-5-17)22-12-23(14-25(13-22)31-24-10-11-30-16-24)26(29)28-19(3)21-9-6-18(2)27-15-21;1-2;/h4-9,12-15,19,24H,10-11,16H2,1-3H3,(H,28,29);1-2H3;1H/t19-,24?;;/m1../s1. The summed E-state index contributed by atoms with van der Waals surface area (Å²) < 4.78 is 11.6. The molecule has 0 radical (unpaired) electrons. The zero-order valence-corrected chi connectivity index (χ0v) is 20.2. The number of carbonyl (C=O) groups excluding carboxylic acids is 1. The Bertz CT molecular complexity index is 1050. The molecule has 0 saturated carbocycles. The molecule has 33 heavy (non-hydrogen) atoms. The monoisotopic (exact) mass is 448 g/mol. The molecule has 5 nitrogen and oxygen atoms in total. The molecule has 1 aliphatic heterocycles. The van der Waals surface area contributed by atoms with E-state index in [-0.39, 0.29) is 19.5 Å². The third kappa shape index (κ3) is 6.65. The number of aryl methyl sites for hydroxylation is 2. The molecule has 1 saturated heterocycles. The number of ether oxygens (including phenoxy) is 2. The number of pyridine rings is 1. The quantitative estimate of drug-likeness (QED) is 0.481. The molecule has 2 aromatic carbocycles. The summed E-state index contributed by atoms with van der Waals surface area (Å²) >= 11 is 0. The van der Waals surface area contributed by atoms with Crippen LogP contribution in [0.2, 0.25) is 0 Å². The van der Waals surface area contributed by atoms with Crippen LogP contribution in [0, 0.1) is 13.8 Å². The van der Waals surface area contributed by atoms with Crippen molar-refractivity contribution in [3.63, 3.8) is 0 Å². The van der Waals surface area contributed by atoms with E-state index in [4.69, 9.17) is 9.47 Å². The highest BCUT2D eigenvalue weighted by molar-refractivity contribution is 5.96. The third-order valence-corrected chi connectivity index (χ3v) is 5.53. The Kier molecular flexibility index (Phi) is 8.61. The van der Waals surface area contributed by atoms with Gasteiger partial charge < -0.3 is 14.8 Å². The lowest BCUT2D eigenvalue weighted by atomic mass is 10.0. The largest absolute Gasteiger partial charge is 0.488 e. The molecule has 0 aliphatic carbocycles. The zero-order chi connectivity index (χ0) is 23.8. The van der Waals surface area contributed by atoms with E-state index in [0.717, 1.165) is 28.8 Å². The maximum atomic E-state index is 13.1. The highest BCUT2D eigenvalue weighted by Crippen LogP contribution is 2.28. The Morgan fingerprint density at radius 2 is 1.85 bits per heavy atom. The summed E-state index contributed by atoms with van der Waals surface area (Å²) in [6, 6.07) is 17.8. The molecule has 0 spiro atoms. The van der Waals surface area contributed by atoms with Gasteiger partial charge in [-0.15, -0.1) is 0 Å². The zero-order valence-electron chi connectivity index (χ0n) is 20.2. The van der Waals surface area contributed by atoms with E-state index < -0.39 is 0 Å². The first-order valence-corrected chi connectivity index (χ1v) is 11.7. The maximum absolute atomic E-state index is 13.1.